The fourth-order valence-electron chi connectivity index (χ4n) is 6.64. The topological polar surface area (TPSA) is 25.8 Å². The van der Waals surface area contributed by atoms with Crippen LogP contribution in [0.4, 0.5) is 0 Å². The van der Waals surface area contributed by atoms with Crippen molar-refractivity contribution in [2.45, 2.75) is 19.5 Å². The molecule has 2 nitrogen and oxygen atoms in total. The van der Waals surface area contributed by atoms with Crippen molar-refractivity contribution in [1.29, 1.82) is 0 Å². The molecule has 2 aromatic heterocycles. The van der Waals surface area contributed by atoms with Crippen molar-refractivity contribution in [2.24, 2.45) is 0 Å². The predicted octanol–water partition coefficient (Wildman–Crippen LogP) is 10.5. The van der Waals surface area contributed by atoms with Crippen molar-refractivity contribution in [1.82, 2.24) is 9.97 Å². The SMILES string of the molecule is CC[Si]1(C)C(c2ccc(-c3ccccc3)nc2)=C(c2ccccc2)C(c2ccccc2)=C1c1ccc(-c2ccccc2)nc1. The fraction of sp³-hybridized carbons (Fsp3) is 0.0732. The van der Waals surface area contributed by atoms with E-state index in [1.807, 2.05) is 12.1 Å². The lowest BCUT2D eigenvalue weighted by Crippen LogP contribution is -2.32. The smallest absolute Gasteiger partial charge is 0.118 e. The van der Waals surface area contributed by atoms with Crippen molar-refractivity contribution in [3.63, 3.8) is 0 Å². The molecule has 0 saturated heterocycles. The summed E-state index contributed by atoms with van der Waals surface area (Å²) in [4.78, 5) is 10.0. The molecule has 44 heavy (non-hydrogen) atoms. The first-order valence-corrected chi connectivity index (χ1v) is 18.0. The quantitative estimate of drug-likeness (QED) is 0.175. The van der Waals surface area contributed by atoms with Gasteiger partial charge in [0, 0.05) is 23.5 Å². The van der Waals surface area contributed by atoms with Gasteiger partial charge in [0.2, 0.25) is 0 Å². The summed E-state index contributed by atoms with van der Waals surface area (Å²) in [5, 5.41) is 2.89. The summed E-state index contributed by atoms with van der Waals surface area (Å²) in [6, 6.07) is 52.7. The van der Waals surface area contributed by atoms with Crippen LogP contribution in [-0.2, 0) is 0 Å². The van der Waals surface area contributed by atoms with Gasteiger partial charge in [-0.2, -0.15) is 0 Å². The van der Waals surface area contributed by atoms with Crippen LogP contribution in [0, 0.1) is 0 Å². The first kappa shape index (κ1) is 27.7. The van der Waals surface area contributed by atoms with E-state index in [4.69, 9.17) is 9.97 Å². The Morgan fingerprint density at radius 3 is 1.05 bits per heavy atom. The molecule has 0 radical (unpaired) electrons. The van der Waals surface area contributed by atoms with Gasteiger partial charge in [0.25, 0.3) is 0 Å². The minimum Gasteiger partial charge on any atom is -0.256 e. The van der Waals surface area contributed by atoms with Crippen LogP contribution in [0.3, 0.4) is 0 Å². The summed E-state index contributed by atoms with van der Waals surface area (Å²) in [5.74, 6) is 0. The lowest BCUT2D eigenvalue weighted by Gasteiger charge is -2.29. The van der Waals surface area contributed by atoms with E-state index in [2.05, 4.69) is 159 Å². The molecule has 0 saturated carbocycles. The zero-order chi connectivity index (χ0) is 29.9. The zero-order valence-electron chi connectivity index (χ0n) is 25.1. The van der Waals surface area contributed by atoms with Crippen LogP contribution >= 0.6 is 0 Å². The van der Waals surface area contributed by atoms with Gasteiger partial charge in [0.15, 0.2) is 0 Å². The van der Waals surface area contributed by atoms with Gasteiger partial charge in [0.1, 0.15) is 8.07 Å². The Labute approximate surface area is 261 Å². The van der Waals surface area contributed by atoms with E-state index in [0.29, 0.717) is 0 Å². The van der Waals surface area contributed by atoms with Gasteiger partial charge in [-0.3, -0.25) is 9.97 Å². The second kappa shape index (κ2) is 11.9. The number of nitrogens with zero attached hydrogens (tertiary/aromatic N) is 2. The van der Waals surface area contributed by atoms with Gasteiger partial charge in [-0.05, 0) is 55.9 Å². The Morgan fingerprint density at radius 2 is 0.750 bits per heavy atom. The summed E-state index contributed by atoms with van der Waals surface area (Å²) in [6.45, 7) is 4.90. The monoisotopic (exact) mass is 582 g/mol. The second-order valence-electron chi connectivity index (χ2n) is 11.5. The molecule has 7 rings (SSSR count). The second-order valence-corrected chi connectivity index (χ2v) is 15.9. The van der Waals surface area contributed by atoms with Crippen LogP contribution in [0.25, 0.3) is 44.1 Å². The standard InChI is InChI=1S/C41H34N2Si/c1-3-44(2)40(34-24-26-36(42-28-34)30-16-8-4-9-17-30)38(32-20-12-6-13-21-32)39(33-22-14-7-15-23-33)41(44)35-25-27-37(43-29-35)31-18-10-5-11-19-31/h4-29H,3H2,1-2H3. The van der Waals surface area contributed by atoms with Crippen LogP contribution in [0.5, 0.6) is 0 Å². The van der Waals surface area contributed by atoms with Gasteiger partial charge in [0.05, 0.1) is 11.4 Å². The maximum atomic E-state index is 5.02. The van der Waals surface area contributed by atoms with Gasteiger partial charge < -0.3 is 0 Å². The molecule has 0 aliphatic carbocycles. The number of hydrogen-bond acceptors (Lipinski definition) is 2. The van der Waals surface area contributed by atoms with E-state index in [1.165, 1.54) is 43.8 Å². The van der Waals surface area contributed by atoms with Gasteiger partial charge in [-0.25, -0.2) is 0 Å². The number of pyridine rings is 2. The number of hydrogen-bond donors (Lipinski definition) is 0. The third-order valence-electron chi connectivity index (χ3n) is 8.93. The van der Waals surface area contributed by atoms with Crippen LogP contribution in [0.2, 0.25) is 12.6 Å². The average molecular weight is 583 g/mol. The van der Waals surface area contributed by atoms with Gasteiger partial charge in [-0.15, -0.1) is 0 Å². The average Bonchev–Trinajstić information content (AvgIpc) is 3.39. The number of aromatic nitrogens is 2. The van der Waals surface area contributed by atoms with E-state index < -0.39 is 8.07 Å². The maximum absolute atomic E-state index is 5.02. The van der Waals surface area contributed by atoms with Crippen LogP contribution in [0.1, 0.15) is 29.2 Å². The fourth-order valence-corrected chi connectivity index (χ4v) is 10.8. The summed E-state index contributed by atoms with van der Waals surface area (Å²) < 4.78 is 0. The van der Waals surface area contributed by atoms with E-state index in [1.54, 1.807) is 0 Å². The first-order valence-electron chi connectivity index (χ1n) is 15.3. The summed E-state index contributed by atoms with van der Waals surface area (Å²) in [5.41, 5.74) is 11.8. The van der Waals surface area contributed by atoms with E-state index >= 15 is 0 Å². The maximum Gasteiger partial charge on any atom is 0.118 e. The highest BCUT2D eigenvalue weighted by Gasteiger charge is 2.46. The molecule has 1 aliphatic rings. The Morgan fingerprint density at radius 1 is 0.409 bits per heavy atom. The molecular weight excluding hydrogens is 549 g/mol. The third-order valence-corrected chi connectivity index (χ3v) is 13.6. The Bertz CT molecular complexity index is 1800. The molecule has 0 N–H and O–H groups in total. The summed E-state index contributed by atoms with van der Waals surface area (Å²) in [6.07, 6.45) is 4.20. The third kappa shape index (κ3) is 4.95. The lowest BCUT2D eigenvalue weighted by molar-refractivity contribution is 1.30. The van der Waals surface area contributed by atoms with Crippen molar-refractivity contribution in [3.8, 4) is 22.5 Å². The van der Waals surface area contributed by atoms with Crippen molar-refractivity contribution in [3.05, 3.63) is 180 Å². The van der Waals surface area contributed by atoms with Crippen molar-refractivity contribution < 1.29 is 0 Å². The Hall–Kier alpha value is -5.12. The van der Waals surface area contributed by atoms with E-state index in [-0.39, 0.29) is 0 Å². The molecular formula is C41H34N2Si. The highest BCUT2D eigenvalue weighted by atomic mass is 28.3. The molecule has 0 atom stereocenters. The zero-order valence-corrected chi connectivity index (χ0v) is 26.1. The molecule has 212 valence electrons. The molecule has 3 heteroatoms. The Kier molecular flexibility index (Phi) is 7.47. The number of allylic oxidation sites excluding steroid dienone is 2. The van der Waals surface area contributed by atoms with Gasteiger partial charge >= 0.3 is 0 Å². The minimum atomic E-state index is -2.31. The number of benzene rings is 4. The molecule has 1 aliphatic heterocycles. The van der Waals surface area contributed by atoms with E-state index in [0.717, 1.165) is 28.6 Å². The summed E-state index contributed by atoms with van der Waals surface area (Å²) >= 11 is 0. The first-order chi connectivity index (χ1) is 21.7. The Balaban J connectivity index is 1.47. The highest BCUT2D eigenvalue weighted by Crippen LogP contribution is 2.56. The molecule has 0 fully saturated rings. The number of rotatable bonds is 7. The minimum absolute atomic E-state index is 0.992. The molecule has 0 spiro atoms. The normalized spacial score (nSPS) is 14.2. The highest BCUT2D eigenvalue weighted by molar-refractivity contribution is 7.13. The molecule has 0 unspecified atom stereocenters. The van der Waals surface area contributed by atoms with Crippen LogP contribution in [-0.4, -0.2) is 18.0 Å². The predicted molar refractivity (Wildman–Crippen MR) is 188 cm³/mol. The molecule has 3 heterocycles. The summed E-state index contributed by atoms with van der Waals surface area (Å²) in [7, 11) is -2.31. The van der Waals surface area contributed by atoms with E-state index in [9.17, 15) is 0 Å². The largest absolute Gasteiger partial charge is 0.256 e. The molecule has 4 aromatic carbocycles. The van der Waals surface area contributed by atoms with Gasteiger partial charge in [-0.1, -0.05) is 153 Å². The van der Waals surface area contributed by atoms with Crippen LogP contribution < -0.4 is 0 Å². The molecule has 0 bridgehead atoms. The molecule has 0 amide bonds. The van der Waals surface area contributed by atoms with Crippen molar-refractivity contribution >= 4 is 29.6 Å². The molecule has 6 aromatic rings. The van der Waals surface area contributed by atoms with Crippen molar-refractivity contribution in [2.75, 3.05) is 0 Å². The lowest BCUT2D eigenvalue weighted by atomic mass is 9.89. The van der Waals surface area contributed by atoms with Crippen LogP contribution in [0.15, 0.2) is 158 Å².